The predicted octanol–water partition coefficient (Wildman–Crippen LogP) is 15.4. The topological polar surface area (TPSA) is 9.72 Å². The zero-order chi connectivity index (χ0) is 45.8. The molecule has 0 saturated heterocycles. The number of rotatable bonds is 3. The van der Waals surface area contributed by atoms with Gasteiger partial charge in [-0.2, -0.15) is 0 Å². The van der Waals surface area contributed by atoms with Crippen LogP contribution in [0.2, 0.25) is 0 Å². The van der Waals surface area contributed by atoms with Gasteiger partial charge in [0.05, 0.1) is 15.9 Å². The summed E-state index contributed by atoms with van der Waals surface area (Å²) in [5.74, 6) is 0. The van der Waals surface area contributed by atoms with Crippen molar-refractivity contribution in [3.05, 3.63) is 161 Å². The molecule has 0 amide bonds. The van der Waals surface area contributed by atoms with Crippen LogP contribution in [0.4, 0.5) is 45.5 Å². The molecule has 3 nitrogen and oxygen atoms in total. The molecule has 66 heavy (non-hydrogen) atoms. The van der Waals surface area contributed by atoms with Crippen LogP contribution in [0.25, 0.3) is 20.2 Å². The molecule has 1 fully saturated rings. The summed E-state index contributed by atoms with van der Waals surface area (Å²) in [6.45, 7) is 26.1. The van der Waals surface area contributed by atoms with Crippen molar-refractivity contribution in [3.63, 3.8) is 0 Å². The van der Waals surface area contributed by atoms with E-state index in [9.17, 15) is 0 Å². The van der Waals surface area contributed by atoms with E-state index < -0.39 is 0 Å². The van der Waals surface area contributed by atoms with Crippen molar-refractivity contribution in [2.75, 3.05) is 14.7 Å². The van der Waals surface area contributed by atoms with Gasteiger partial charge in [0.15, 0.2) is 0 Å². The lowest BCUT2D eigenvalue weighted by molar-refractivity contribution is 0.194. The lowest BCUT2D eigenvalue weighted by atomic mass is 9.33. The molecule has 4 heterocycles. The highest BCUT2D eigenvalue weighted by atomic mass is 32.1. The molecule has 3 aliphatic heterocycles. The Balaban J connectivity index is 1.17. The molecule has 0 bridgehead atoms. The van der Waals surface area contributed by atoms with Crippen LogP contribution in [-0.4, -0.2) is 12.3 Å². The summed E-state index contributed by atoms with van der Waals surface area (Å²) in [6.07, 6.45) is 4.90. The molecule has 1 aliphatic carbocycles. The molecular weight excluding hydrogens is 818 g/mol. The van der Waals surface area contributed by atoms with Crippen molar-refractivity contribution in [1.29, 1.82) is 0 Å². The van der Waals surface area contributed by atoms with Gasteiger partial charge in [0, 0.05) is 60.7 Å². The van der Waals surface area contributed by atoms with Gasteiger partial charge in [-0.15, -0.1) is 11.3 Å². The monoisotopic (exact) mass is 879 g/mol. The van der Waals surface area contributed by atoms with Gasteiger partial charge in [-0.3, -0.25) is 0 Å². The Kier molecular flexibility index (Phi) is 8.91. The molecule has 7 aromatic carbocycles. The fourth-order valence-corrected chi connectivity index (χ4v) is 14.3. The number of aryl methyl sites for hydroxylation is 3. The fraction of sp³-hybridized carbons (Fsp3) is 0.311. The number of hydrogen-bond acceptors (Lipinski definition) is 4. The summed E-state index contributed by atoms with van der Waals surface area (Å²) in [6, 6.07) is 50.2. The lowest BCUT2D eigenvalue weighted by Gasteiger charge is -2.51. The van der Waals surface area contributed by atoms with Crippen molar-refractivity contribution in [2.24, 2.45) is 0 Å². The van der Waals surface area contributed by atoms with E-state index in [4.69, 9.17) is 0 Å². The van der Waals surface area contributed by atoms with Crippen molar-refractivity contribution in [3.8, 4) is 0 Å². The molecule has 0 N–H and O–H groups in total. The van der Waals surface area contributed by atoms with Crippen LogP contribution in [0.5, 0.6) is 0 Å². The van der Waals surface area contributed by atoms with E-state index in [0.29, 0.717) is 0 Å². The Hall–Kier alpha value is -5.78. The summed E-state index contributed by atoms with van der Waals surface area (Å²) < 4.78 is 2.65. The summed E-state index contributed by atoms with van der Waals surface area (Å²) in [5.41, 5.74) is 22.6. The molecule has 1 aromatic heterocycles. The maximum atomic E-state index is 2.80. The van der Waals surface area contributed by atoms with E-state index in [0.717, 1.165) is 0 Å². The highest BCUT2D eigenvalue weighted by Gasteiger charge is 2.58. The average molecular weight is 880 g/mol. The molecule has 330 valence electrons. The third kappa shape index (κ3) is 5.81. The van der Waals surface area contributed by atoms with E-state index in [1.54, 1.807) is 5.56 Å². The number of hydrogen-bond donors (Lipinski definition) is 0. The first-order valence-corrected chi connectivity index (χ1v) is 25.2. The highest BCUT2D eigenvalue weighted by Crippen LogP contribution is 2.62. The van der Waals surface area contributed by atoms with Crippen LogP contribution < -0.4 is 31.1 Å². The van der Waals surface area contributed by atoms with Crippen molar-refractivity contribution >= 4 is 100 Å². The van der Waals surface area contributed by atoms with Gasteiger partial charge < -0.3 is 14.7 Å². The summed E-state index contributed by atoms with van der Waals surface area (Å²) >= 11 is 1.93. The number of thiophene rings is 1. The van der Waals surface area contributed by atoms with E-state index in [1.807, 2.05) is 11.3 Å². The second-order valence-electron chi connectivity index (χ2n) is 22.8. The minimum absolute atomic E-state index is 0.0176. The van der Waals surface area contributed by atoms with E-state index in [-0.39, 0.29) is 28.5 Å². The minimum Gasteiger partial charge on any atom is -0.334 e. The molecule has 1 saturated carbocycles. The molecule has 8 aromatic rings. The molecule has 0 radical (unpaired) electrons. The van der Waals surface area contributed by atoms with Crippen LogP contribution in [0.3, 0.4) is 0 Å². The lowest BCUT2D eigenvalue weighted by Crippen LogP contribution is -2.61. The fourth-order valence-electron chi connectivity index (χ4n) is 13.1. The van der Waals surface area contributed by atoms with Crippen LogP contribution in [0, 0.1) is 20.8 Å². The van der Waals surface area contributed by atoms with E-state index in [2.05, 4.69) is 218 Å². The van der Waals surface area contributed by atoms with Crippen molar-refractivity contribution in [2.45, 2.75) is 124 Å². The molecule has 12 rings (SSSR count). The Morgan fingerprint density at radius 3 is 1.94 bits per heavy atom. The van der Waals surface area contributed by atoms with Gasteiger partial charge >= 0.3 is 0 Å². The smallest absolute Gasteiger partial charge is 0.252 e. The van der Waals surface area contributed by atoms with E-state index >= 15 is 0 Å². The Morgan fingerprint density at radius 1 is 0.530 bits per heavy atom. The summed E-state index contributed by atoms with van der Waals surface area (Å²) in [5, 5.41) is 2.65. The third-order valence-corrected chi connectivity index (χ3v) is 17.7. The number of nitrogens with zero attached hydrogens (tertiary/aromatic N) is 3. The average Bonchev–Trinajstić information content (AvgIpc) is 3.75. The molecule has 0 spiro atoms. The summed E-state index contributed by atoms with van der Waals surface area (Å²) in [7, 11) is 0. The van der Waals surface area contributed by atoms with Crippen molar-refractivity contribution in [1.82, 2.24) is 0 Å². The number of anilines is 8. The Labute approximate surface area is 397 Å². The zero-order valence-corrected chi connectivity index (χ0v) is 41.6. The van der Waals surface area contributed by atoms with Crippen molar-refractivity contribution < 1.29 is 0 Å². The summed E-state index contributed by atoms with van der Waals surface area (Å²) in [4.78, 5) is 8.05. The second kappa shape index (κ2) is 14.1. The maximum absolute atomic E-state index is 2.80. The predicted molar refractivity (Wildman–Crippen MR) is 288 cm³/mol. The van der Waals surface area contributed by atoms with Crippen LogP contribution in [-0.2, 0) is 16.2 Å². The number of benzene rings is 7. The Bertz CT molecular complexity index is 3330. The van der Waals surface area contributed by atoms with Gasteiger partial charge in [0.2, 0.25) is 0 Å². The van der Waals surface area contributed by atoms with E-state index in [1.165, 1.54) is 136 Å². The van der Waals surface area contributed by atoms with Gasteiger partial charge in [-0.25, -0.2) is 0 Å². The molecule has 2 atom stereocenters. The highest BCUT2D eigenvalue weighted by molar-refractivity contribution is 7.26. The molecule has 4 aliphatic rings. The molecular formula is C61H62BN3S. The van der Waals surface area contributed by atoms with Gasteiger partial charge in [-0.1, -0.05) is 128 Å². The second-order valence-corrected chi connectivity index (χ2v) is 23.8. The standard InChI is InChI=1S/C61H62BN3S/c1-37-31-39(3)55-51(32-37)65(61(11)30-15-14-29-60(55,61)10)43-26-27-46-50(36-43)64(49-19-16-18-45-44-17-12-13-20-54(44)66-57(45)49)53-34-38(2)33-52-56(53)62(46)47-35-41(59(7,8)9)23-28-48(47)63(52)42-24-21-40(22-25-42)58(4,5)6/h12-13,16-28,31-36H,14-15,29-30H2,1-11H3. The Morgan fingerprint density at radius 2 is 1.18 bits per heavy atom. The number of fused-ring (bicyclic) bond motifs is 10. The first-order chi connectivity index (χ1) is 31.5. The van der Waals surface area contributed by atoms with Gasteiger partial charge in [0.1, 0.15) is 0 Å². The molecule has 5 heteroatoms. The van der Waals surface area contributed by atoms with Crippen LogP contribution in [0.1, 0.15) is 114 Å². The molecule has 2 unspecified atom stereocenters. The zero-order valence-electron chi connectivity index (χ0n) is 40.8. The quantitative estimate of drug-likeness (QED) is 0.164. The normalized spacial score (nSPS) is 19.8. The van der Waals surface area contributed by atoms with Crippen LogP contribution >= 0.6 is 11.3 Å². The van der Waals surface area contributed by atoms with Gasteiger partial charge in [-0.05, 0) is 162 Å². The minimum atomic E-state index is -0.0604. The largest absolute Gasteiger partial charge is 0.334 e. The van der Waals surface area contributed by atoms with Crippen LogP contribution in [0.15, 0.2) is 127 Å². The SMILES string of the molecule is Cc1cc2c3c(c1)N(c1cccc4c1sc1ccccc14)c1cc(N4c5cc(C)cc(C)c5C5(C)CCCCC45C)ccc1B3c1cc(C(C)(C)C)ccc1N2c1ccc(C(C)(C)C)cc1. The van der Waals surface area contributed by atoms with Gasteiger partial charge in [0.25, 0.3) is 6.71 Å². The first-order valence-electron chi connectivity index (χ1n) is 24.4. The first kappa shape index (κ1) is 41.6. The third-order valence-electron chi connectivity index (χ3n) is 16.5. The maximum Gasteiger partial charge on any atom is 0.252 e.